The smallest absolute Gasteiger partial charge is 0.336 e. The van der Waals surface area contributed by atoms with Crippen LogP contribution in [0, 0.1) is 0 Å². The number of carboxylic acid groups (broad SMARTS) is 1. The van der Waals surface area contributed by atoms with Gasteiger partial charge in [-0.2, -0.15) is 0 Å². The topological polar surface area (TPSA) is 46.5 Å². The average Bonchev–Trinajstić information content (AvgIpc) is 2.52. The summed E-state index contributed by atoms with van der Waals surface area (Å²) in [6, 6.07) is 12.8. The first kappa shape index (κ1) is 15.8. The van der Waals surface area contributed by atoms with E-state index in [1.807, 2.05) is 30.3 Å². The van der Waals surface area contributed by atoms with Gasteiger partial charge in [0.15, 0.2) is 0 Å². The summed E-state index contributed by atoms with van der Waals surface area (Å²) in [5.41, 5.74) is 2.09. The van der Waals surface area contributed by atoms with Crippen molar-refractivity contribution in [3.8, 4) is 11.5 Å². The van der Waals surface area contributed by atoms with Crippen LogP contribution in [-0.2, 0) is 6.42 Å². The maximum absolute atomic E-state index is 11.1. The van der Waals surface area contributed by atoms with Crippen molar-refractivity contribution in [2.75, 3.05) is 0 Å². The Hall–Kier alpha value is -1.55. The van der Waals surface area contributed by atoms with Gasteiger partial charge in [-0.15, -0.1) is 0 Å². The molecule has 0 spiro atoms. The SMILES string of the molecule is C=C[CH2][Na].O=C(O)c1cccc2c1Cc1ccccc1O2. The molecule has 4 heteroatoms. The average molecular weight is 290 g/mol. The second-order valence-electron chi connectivity index (χ2n) is 4.67. The van der Waals surface area contributed by atoms with Gasteiger partial charge >= 0.3 is 50.2 Å². The van der Waals surface area contributed by atoms with Crippen molar-refractivity contribution in [1.29, 1.82) is 0 Å². The van der Waals surface area contributed by atoms with E-state index in [-0.39, 0.29) is 0 Å². The number of para-hydroxylation sites is 1. The second kappa shape index (κ2) is 7.46. The van der Waals surface area contributed by atoms with E-state index in [9.17, 15) is 4.79 Å². The van der Waals surface area contributed by atoms with E-state index in [2.05, 4.69) is 6.58 Å². The Kier molecular flexibility index (Phi) is 5.62. The zero-order chi connectivity index (χ0) is 15.2. The normalized spacial score (nSPS) is 11.1. The Balaban J connectivity index is 0.000000361. The number of fused-ring (bicyclic) bond motifs is 2. The second-order valence-corrected chi connectivity index (χ2v) is 5.49. The van der Waals surface area contributed by atoms with E-state index in [1.54, 1.807) is 18.2 Å². The summed E-state index contributed by atoms with van der Waals surface area (Å²) in [5, 5.41) is 9.13. The number of allylic oxidation sites excluding steroid dienone is 1. The number of hydrogen-bond donors (Lipinski definition) is 1. The zero-order valence-electron chi connectivity index (χ0n) is 12.0. The Morgan fingerprint density at radius 1 is 1.24 bits per heavy atom. The Bertz CT molecular complexity index is 665. The summed E-state index contributed by atoms with van der Waals surface area (Å²) in [4.78, 5) is 11.1. The molecule has 0 saturated heterocycles. The van der Waals surface area contributed by atoms with E-state index in [1.165, 1.54) is 31.6 Å². The first-order valence-electron chi connectivity index (χ1n) is 6.89. The molecule has 102 valence electrons. The number of benzene rings is 2. The molecule has 0 amide bonds. The number of aromatic carboxylic acids is 1. The van der Waals surface area contributed by atoms with Crippen molar-refractivity contribution in [3.05, 3.63) is 71.8 Å². The minimum atomic E-state index is -0.912. The Morgan fingerprint density at radius 2 is 1.90 bits per heavy atom. The fourth-order valence-corrected chi connectivity index (χ4v) is 2.10. The molecular weight excluding hydrogens is 275 g/mol. The van der Waals surface area contributed by atoms with Gasteiger partial charge in [0.05, 0.1) is 5.56 Å². The molecule has 3 nitrogen and oxygen atoms in total. The summed E-state index contributed by atoms with van der Waals surface area (Å²) in [5.74, 6) is 0.538. The van der Waals surface area contributed by atoms with Gasteiger partial charge < -0.3 is 9.84 Å². The third-order valence-electron chi connectivity index (χ3n) is 3.21. The molecule has 0 aromatic heterocycles. The van der Waals surface area contributed by atoms with Gasteiger partial charge in [-0.3, -0.25) is 0 Å². The molecule has 0 bridgehead atoms. The van der Waals surface area contributed by atoms with Crippen molar-refractivity contribution in [2.45, 2.75) is 10.1 Å². The molecule has 0 radical (unpaired) electrons. The molecule has 0 fully saturated rings. The third kappa shape index (κ3) is 3.76. The predicted octanol–water partition coefficient (Wildman–Crippen LogP) is 3.84. The monoisotopic (exact) mass is 290 g/mol. The number of carbonyl (C=O) groups is 1. The molecule has 3 rings (SSSR count). The van der Waals surface area contributed by atoms with Crippen molar-refractivity contribution in [2.24, 2.45) is 0 Å². The van der Waals surface area contributed by atoms with Crippen LogP contribution in [0.2, 0.25) is 3.67 Å². The molecular formula is C17H15NaO3. The molecule has 0 unspecified atom stereocenters. The summed E-state index contributed by atoms with van der Waals surface area (Å²) < 4.78 is 6.93. The number of rotatable bonds is 2. The standard InChI is InChI=1S/C14H10O3.C3H5.Na/c15-14(16)10-5-3-7-13-11(10)8-9-4-1-2-6-12(9)17-13;1-3-2;/h1-7H,8H2,(H,15,16);3H,1-2H2;. The summed E-state index contributed by atoms with van der Waals surface area (Å²) in [6.45, 7) is 3.51. The fraction of sp³-hybridized carbons (Fsp3) is 0.118. The van der Waals surface area contributed by atoms with Crippen LogP contribution in [0.4, 0.5) is 0 Å². The number of hydrogen-bond acceptors (Lipinski definition) is 2. The Morgan fingerprint density at radius 3 is 2.57 bits per heavy atom. The van der Waals surface area contributed by atoms with Crippen LogP contribution >= 0.6 is 0 Å². The third-order valence-corrected chi connectivity index (χ3v) is 3.79. The maximum atomic E-state index is 11.1. The maximum Gasteiger partial charge on any atom is 0.336 e. The largest absolute Gasteiger partial charge is 0.478 e. The predicted molar refractivity (Wildman–Crippen MR) is 83.5 cm³/mol. The van der Waals surface area contributed by atoms with Crippen LogP contribution in [0.25, 0.3) is 0 Å². The van der Waals surface area contributed by atoms with Crippen LogP contribution in [0.15, 0.2) is 55.1 Å². The van der Waals surface area contributed by atoms with Crippen molar-refractivity contribution >= 4 is 33.9 Å². The fourth-order valence-electron chi connectivity index (χ4n) is 2.10. The van der Waals surface area contributed by atoms with E-state index >= 15 is 0 Å². The number of ether oxygens (including phenoxy) is 1. The molecule has 0 atom stereocenters. The first-order chi connectivity index (χ1) is 10.2. The van der Waals surface area contributed by atoms with Crippen LogP contribution in [0.3, 0.4) is 0 Å². The van der Waals surface area contributed by atoms with Gasteiger partial charge in [-0.05, 0) is 23.8 Å². The quantitative estimate of drug-likeness (QED) is 0.576. The van der Waals surface area contributed by atoms with Crippen molar-refractivity contribution in [3.63, 3.8) is 0 Å². The van der Waals surface area contributed by atoms with Gasteiger partial charge in [-0.25, -0.2) is 4.79 Å². The van der Waals surface area contributed by atoms with E-state index < -0.39 is 5.97 Å². The van der Waals surface area contributed by atoms with Gasteiger partial charge in [0.1, 0.15) is 11.5 Å². The molecule has 1 N–H and O–H groups in total. The van der Waals surface area contributed by atoms with Crippen LogP contribution in [0.5, 0.6) is 11.5 Å². The molecule has 1 aliphatic rings. The molecule has 0 aliphatic carbocycles. The summed E-state index contributed by atoms with van der Waals surface area (Å²) in [7, 11) is 0. The first-order valence-corrected chi connectivity index (χ1v) is 8.30. The molecule has 2 aromatic carbocycles. The molecule has 1 aliphatic heterocycles. The van der Waals surface area contributed by atoms with Gasteiger partial charge in [-0.1, -0.05) is 24.3 Å². The van der Waals surface area contributed by atoms with E-state index in [0.717, 1.165) is 16.9 Å². The number of carboxylic acids is 1. The minimum absolute atomic E-state index is 0.317. The van der Waals surface area contributed by atoms with Crippen LogP contribution < -0.4 is 4.74 Å². The molecule has 2 aromatic rings. The van der Waals surface area contributed by atoms with E-state index in [0.29, 0.717) is 17.7 Å². The molecule has 21 heavy (non-hydrogen) atoms. The minimum Gasteiger partial charge on any atom is -0.478 e. The summed E-state index contributed by atoms with van der Waals surface area (Å²) in [6.07, 6.45) is 2.54. The molecule has 1 heterocycles. The van der Waals surface area contributed by atoms with Gasteiger partial charge in [0, 0.05) is 12.0 Å². The van der Waals surface area contributed by atoms with Crippen LogP contribution in [0.1, 0.15) is 21.5 Å². The van der Waals surface area contributed by atoms with Gasteiger partial charge in [0.25, 0.3) is 0 Å². The van der Waals surface area contributed by atoms with E-state index in [4.69, 9.17) is 9.84 Å². The van der Waals surface area contributed by atoms with Gasteiger partial charge in [0.2, 0.25) is 0 Å². The van der Waals surface area contributed by atoms with Crippen molar-refractivity contribution < 1.29 is 14.6 Å². The zero-order valence-corrected chi connectivity index (χ0v) is 14.0. The Labute approximate surface area is 141 Å². The van der Waals surface area contributed by atoms with Crippen molar-refractivity contribution in [1.82, 2.24) is 0 Å². The summed E-state index contributed by atoms with van der Waals surface area (Å²) >= 11 is 1.27. The molecule has 0 saturated carbocycles. The van der Waals surface area contributed by atoms with Crippen LogP contribution in [-0.4, -0.2) is 39.0 Å².